The molecule has 6 aliphatic heterocycles. The zero-order chi connectivity index (χ0) is 43.7. The predicted octanol–water partition coefficient (Wildman–Crippen LogP) is 2.89. The number of hydrogen-bond donors (Lipinski definition) is 2. The fourth-order valence-electron chi connectivity index (χ4n) is 8.62. The second kappa shape index (κ2) is 15.9. The zero-order valence-corrected chi connectivity index (χ0v) is 35.4. The Bertz CT molecular complexity index is 1870. The number of carbonyl (C=O) groups excluding carboxylic acids is 2. The monoisotopic (exact) mass is 834 g/mol. The van der Waals surface area contributed by atoms with Gasteiger partial charge < -0.3 is 57.6 Å². The molecule has 16 nitrogen and oxygen atoms in total. The topological polar surface area (TPSA) is 173 Å². The molecular formula is C44H54N2O14. The van der Waals surface area contributed by atoms with Crippen LogP contribution in [0.4, 0.5) is 11.4 Å². The molecule has 0 saturated carbocycles. The predicted molar refractivity (Wildman–Crippen MR) is 214 cm³/mol. The Kier molecular flexibility index (Phi) is 11.6. The van der Waals surface area contributed by atoms with Gasteiger partial charge in [0.2, 0.25) is 0 Å². The SMILES string of the molecule is C#C[C@@]1(C)[C@H](O[C@H]2O[C@@H](C)[C@H]3OC(C)(C)O[C@H]3[C@@H]2O)C(=O)N1c1ccc(OC)cc1.C#C[C@@]1(C)[C@H](O[C@H]2O[C@@H](C)[C@H]3OC(C)(C)O[C@H]3[C@@H]2O)C(=O)N1c1ccc(OC)cc1. The van der Waals surface area contributed by atoms with E-state index in [2.05, 4.69) is 11.8 Å². The lowest BCUT2D eigenvalue weighted by Gasteiger charge is -2.53. The van der Waals surface area contributed by atoms with Crippen LogP contribution in [0.25, 0.3) is 0 Å². The second-order valence-corrected chi connectivity index (χ2v) is 16.9. The minimum absolute atomic E-state index is 0.310. The van der Waals surface area contributed by atoms with Crippen LogP contribution in [-0.2, 0) is 47.5 Å². The summed E-state index contributed by atoms with van der Waals surface area (Å²) in [5.74, 6) is 4.38. The van der Waals surface area contributed by atoms with Crippen LogP contribution < -0.4 is 19.3 Å². The number of anilines is 2. The molecule has 2 aromatic rings. The lowest BCUT2D eigenvalue weighted by atomic mass is 9.82. The maximum absolute atomic E-state index is 13.0. The fourth-order valence-corrected chi connectivity index (χ4v) is 8.62. The number of ether oxygens (including phenoxy) is 10. The van der Waals surface area contributed by atoms with E-state index in [0.29, 0.717) is 22.9 Å². The van der Waals surface area contributed by atoms with E-state index >= 15 is 0 Å². The average Bonchev–Trinajstić information content (AvgIpc) is 3.75. The van der Waals surface area contributed by atoms with E-state index in [1.807, 2.05) is 13.8 Å². The first-order valence-electron chi connectivity index (χ1n) is 19.8. The van der Waals surface area contributed by atoms with Crippen molar-refractivity contribution in [2.45, 2.75) is 152 Å². The van der Waals surface area contributed by atoms with E-state index in [1.54, 1.807) is 104 Å². The van der Waals surface area contributed by atoms with Crippen molar-refractivity contribution in [3.8, 4) is 36.2 Å². The summed E-state index contributed by atoms with van der Waals surface area (Å²) in [7, 11) is 3.14. The van der Waals surface area contributed by atoms with Gasteiger partial charge in [0.25, 0.3) is 11.8 Å². The maximum Gasteiger partial charge on any atom is 0.261 e. The van der Waals surface area contributed by atoms with Crippen molar-refractivity contribution in [1.29, 1.82) is 0 Å². The number of β-lactam (4-membered cyclic amide) rings is 2. The van der Waals surface area contributed by atoms with E-state index in [1.165, 1.54) is 9.80 Å². The molecular weight excluding hydrogens is 780 g/mol. The molecule has 16 heteroatoms. The Morgan fingerprint density at radius 1 is 0.583 bits per heavy atom. The van der Waals surface area contributed by atoms with E-state index in [0.717, 1.165) is 0 Å². The number of carbonyl (C=O) groups is 2. The highest BCUT2D eigenvalue weighted by Gasteiger charge is 2.63. The van der Waals surface area contributed by atoms with Crippen LogP contribution in [0.2, 0.25) is 0 Å². The Labute approximate surface area is 350 Å². The van der Waals surface area contributed by atoms with Crippen molar-refractivity contribution in [3.63, 3.8) is 0 Å². The van der Waals surface area contributed by atoms with Crippen molar-refractivity contribution in [2.24, 2.45) is 0 Å². The first-order chi connectivity index (χ1) is 28.2. The van der Waals surface area contributed by atoms with Crippen LogP contribution in [0.15, 0.2) is 48.5 Å². The van der Waals surface area contributed by atoms with Gasteiger partial charge in [-0.2, -0.15) is 0 Å². The summed E-state index contributed by atoms with van der Waals surface area (Å²) in [5, 5.41) is 21.6. The smallest absolute Gasteiger partial charge is 0.261 e. The third-order valence-corrected chi connectivity index (χ3v) is 11.8. The summed E-state index contributed by atoms with van der Waals surface area (Å²) in [6.45, 7) is 14.2. The number of methoxy groups -OCH3 is 2. The van der Waals surface area contributed by atoms with Gasteiger partial charge >= 0.3 is 0 Å². The van der Waals surface area contributed by atoms with Crippen molar-refractivity contribution in [3.05, 3.63) is 48.5 Å². The molecule has 6 saturated heterocycles. The molecule has 324 valence electrons. The van der Waals surface area contributed by atoms with Crippen LogP contribution in [0.5, 0.6) is 11.5 Å². The summed E-state index contributed by atoms with van der Waals surface area (Å²) in [6.07, 6.45) is 2.36. The van der Waals surface area contributed by atoms with Crippen molar-refractivity contribution >= 4 is 23.2 Å². The molecule has 6 aliphatic rings. The van der Waals surface area contributed by atoms with E-state index < -0.39 is 96.3 Å². The highest BCUT2D eigenvalue weighted by atomic mass is 16.8. The van der Waals surface area contributed by atoms with Crippen LogP contribution in [-0.4, -0.2) is 133 Å². The van der Waals surface area contributed by atoms with Crippen LogP contribution >= 0.6 is 0 Å². The number of amides is 2. The van der Waals surface area contributed by atoms with Gasteiger partial charge in [-0.25, -0.2) is 0 Å². The number of aliphatic hydroxyl groups is 2. The number of benzene rings is 2. The second-order valence-electron chi connectivity index (χ2n) is 16.9. The molecule has 2 amide bonds. The summed E-state index contributed by atoms with van der Waals surface area (Å²) >= 11 is 0. The van der Waals surface area contributed by atoms with Gasteiger partial charge in [-0.1, -0.05) is 11.8 Å². The lowest BCUT2D eigenvalue weighted by molar-refractivity contribution is -0.291. The molecule has 60 heavy (non-hydrogen) atoms. The number of rotatable bonds is 8. The average molecular weight is 835 g/mol. The third-order valence-electron chi connectivity index (χ3n) is 11.8. The molecule has 14 atom stereocenters. The van der Waals surface area contributed by atoms with Gasteiger partial charge in [-0.15, -0.1) is 12.8 Å². The lowest BCUT2D eigenvalue weighted by Crippen LogP contribution is -2.75. The molecule has 8 rings (SSSR count). The molecule has 6 fully saturated rings. The highest BCUT2D eigenvalue weighted by Crippen LogP contribution is 2.45. The Morgan fingerprint density at radius 3 is 1.20 bits per heavy atom. The number of nitrogens with zero attached hydrogens (tertiary/aromatic N) is 2. The summed E-state index contributed by atoms with van der Waals surface area (Å²) in [5.41, 5.74) is -0.815. The molecule has 0 unspecified atom stereocenters. The molecule has 2 N–H and O–H groups in total. The van der Waals surface area contributed by atoms with Crippen LogP contribution in [0.3, 0.4) is 0 Å². The molecule has 0 radical (unpaired) electrons. The standard InChI is InChI=1S/2C22H27NO7/c2*1-7-22(5)18(19(25)23(22)13-8-10-14(26-6)11-9-13)28-20-15(24)17-16(12(2)27-20)29-21(3,4)30-17/h2*1,8-12,15-18,20,24H,2-6H3/t2*12-,15-,16+,17-,18+,20+,22-/m00/s1. The Morgan fingerprint density at radius 2 is 0.900 bits per heavy atom. The highest BCUT2D eigenvalue weighted by molar-refractivity contribution is 6.08. The first-order valence-corrected chi connectivity index (χ1v) is 19.8. The largest absolute Gasteiger partial charge is 0.497 e. The minimum Gasteiger partial charge on any atom is -0.497 e. The molecule has 0 aromatic heterocycles. The quantitative estimate of drug-likeness (QED) is 0.294. The first kappa shape index (κ1) is 43.8. The fraction of sp³-hybridized carbons (Fsp3) is 0.591. The molecule has 0 spiro atoms. The van der Waals surface area contributed by atoms with E-state index in [-0.39, 0.29) is 11.8 Å². The maximum atomic E-state index is 13.0. The number of aliphatic hydroxyl groups excluding tert-OH is 2. The zero-order valence-electron chi connectivity index (χ0n) is 35.4. The van der Waals surface area contributed by atoms with Gasteiger partial charge in [-0.3, -0.25) is 19.4 Å². The van der Waals surface area contributed by atoms with Crippen molar-refractivity contribution in [2.75, 3.05) is 24.0 Å². The van der Waals surface area contributed by atoms with Crippen LogP contribution in [0.1, 0.15) is 55.4 Å². The number of terminal acetylenes is 2. The van der Waals surface area contributed by atoms with Crippen molar-refractivity contribution < 1.29 is 67.2 Å². The van der Waals surface area contributed by atoms with Gasteiger partial charge in [0, 0.05) is 11.4 Å². The molecule has 6 heterocycles. The van der Waals surface area contributed by atoms with Crippen LogP contribution in [0, 0.1) is 24.7 Å². The molecule has 2 aromatic carbocycles. The molecule has 0 bridgehead atoms. The Hall–Kier alpha value is -4.30. The minimum atomic E-state index is -1.13. The number of hydrogen-bond acceptors (Lipinski definition) is 14. The third kappa shape index (κ3) is 7.43. The van der Waals surface area contributed by atoms with Gasteiger partial charge in [0.1, 0.15) is 59.2 Å². The summed E-state index contributed by atoms with van der Waals surface area (Å²) in [4.78, 5) is 28.9. The normalized spacial score (nSPS) is 39.8. The van der Waals surface area contributed by atoms with Crippen molar-refractivity contribution in [1.82, 2.24) is 0 Å². The van der Waals surface area contributed by atoms with E-state index in [9.17, 15) is 19.8 Å². The van der Waals surface area contributed by atoms with Gasteiger partial charge in [0.15, 0.2) is 36.4 Å². The van der Waals surface area contributed by atoms with Gasteiger partial charge in [0.05, 0.1) is 26.4 Å². The Balaban J connectivity index is 0.000000181. The molecule has 0 aliphatic carbocycles. The summed E-state index contributed by atoms with van der Waals surface area (Å²) < 4.78 is 57.2. The van der Waals surface area contributed by atoms with E-state index in [4.69, 9.17) is 60.2 Å². The number of fused-ring (bicyclic) bond motifs is 2. The van der Waals surface area contributed by atoms with Gasteiger partial charge in [-0.05, 0) is 104 Å². The summed E-state index contributed by atoms with van der Waals surface area (Å²) in [6, 6.07) is 14.0.